The SMILES string of the molecule is CCC1CN(CC(=O)Nc2ccc(Br)c(C)c2)CCC1N. The zero-order valence-electron chi connectivity index (χ0n) is 12.7. The Bertz CT molecular complexity index is 506. The van der Waals surface area contributed by atoms with Gasteiger partial charge >= 0.3 is 0 Å². The molecule has 5 heteroatoms. The monoisotopic (exact) mass is 353 g/mol. The highest BCUT2D eigenvalue weighted by molar-refractivity contribution is 9.10. The summed E-state index contributed by atoms with van der Waals surface area (Å²) in [5.74, 6) is 0.545. The smallest absolute Gasteiger partial charge is 0.238 e. The van der Waals surface area contributed by atoms with E-state index in [1.54, 1.807) is 0 Å². The highest BCUT2D eigenvalue weighted by Crippen LogP contribution is 2.21. The molecule has 0 spiro atoms. The van der Waals surface area contributed by atoms with Crippen molar-refractivity contribution in [3.05, 3.63) is 28.2 Å². The van der Waals surface area contributed by atoms with E-state index in [0.717, 1.165) is 41.7 Å². The van der Waals surface area contributed by atoms with E-state index in [1.807, 2.05) is 25.1 Å². The van der Waals surface area contributed by atoms with Gasteiger partial charge in [-0.2, -0.15) is 0 Å². The minimum absolute atomic E-state index is 0.0436. The van der Waals surface area contributed by atoms with E-state index in [0.29, 0.717) is 12.5 Å². The van der Waals surface area contributed by atoms with Crippen LogP contribution in [0.3, 0.4) is 0 Å². The third kappa shape index (κ3) is 4.53. The Labute approximate surface area is 135 Å². The zero-order chi connectivity index (χ0) is 15.4. The molecule has 3 N–H and O–H groups in total. The highest BCUT2D eigenvalue weighted by atomic mass is 79.9. The first kappa shape index (κ1) is 16.5. The summed E-state index contributed by atoms with van der Waals surface area (Å²) >= 11 is 3.46. The predicted molar refractivity (Wildman–Crippen MR) is 90.3 cm³/mol. The molecule has 0 saturated carbocycles. The molecule has 0 bridgehead atoms. The Kier molecular flexibility index (Phi) is 5.79. The fourth-order valence-corrected chi connectivity index (χ4v) is 3.07. The molecular formula is C16H24BrN3O. The number of hydrogen-bond donors (Lipinski definition) is 2. The van der Waals surface area contributed by atoms with E-state index in [9.17, 15) is 4.79 Å². The van der Waals surface area contributed by atoms with E-state index in [-0.39, 0.29) is 11.9 Å². The second-order valence-corrected chi connectivity index (χ2v) is 6.72. The quantitative estimate of drug-likeness (QED) is 0.874. The molecule has 2 atom stereocenters. The summed E-state index contributed by atoms with van der Waals surface area (Å²) in [6.07, 6.45) is 2.05. The highest BCUT2D eigenvalue weighted by Gasteiger charge is 2.26. The second kappa shape index (κ2) is 7.38. The van der Waals surface area contributed by atoms with Crippen molar-refractivity contribution < 1.29 is 4.79 Å². The van der Waals surface area contributed by atoms with Gasteiger partial charge in [-0.1, -0.05) is 29.3 Å². The molecule has 21 heavy (non-hydrogen) atoms. The molecule has 0 aromatic heterocycles. The molecule has 1 aromatic carbocycles. The van der Waals surface area contributed by atoms with Crippen molar-refractivity contribution >= 4 is 27.5 Å². The summed E-state index contributed by atoms with van der Waals surface area (Å²) in [7, 11) is 0. The van der Waals surface area contributed by atoms with Gasteiger partial charge in [0.15, 0.2) is 0 Å². The van der Waals surface area contributed by atoms with Crippen LogP contribution in [0.5, 0.6) is 0 Å². The van der Waals surface area contributed by atoms with Crippen LogP contribution in [0.2, 0.25) is 0 Å². The molecule has 0 aliphatic carbocycles. The predicted octanol–water partition coefficient (Wildman–Crippen LogP) is 2.76. The lowest BCUT2D eigenvalue weighted by Crippen LogP contribution is -2.48. The number of likely N-dealkylation sites (tertiary alicyclic amines) is 1. The molecule has 1 fully saturated rings. The molecule has 116 valence electrons. The maximum absolute atomic E-state index is 12.2. The largest absolute Gasteiger partial charge is 0.327 e. The fourth-order valence-electron chi connectivity index (χ4n) is 2.83. The number of nitrogens with zero attached hydrogens (tertiary/aromatic N) is 1. The first-order valence-electron chi connectivity index (χ1n) is 7.53. The van der Waals surface area contributed by atoms with Gasteiger partial charge in [-0.25, -0.2) is 0 Å². The zero-order valence-corrected chi connectivity index (χ0v) is 14.3. The summed E-state index contributed by atoms with van der Waals surface area (Å²) in [5, 5.41) is 2.97. The Morgan fingerprint density at radius 1 is 1.52 bits per heavy atom. The van der Waals surface area contributed by atoms with Crippen molar-refractivity contribution in [3.8, 4) is 0 Å². The van der Waals surface area contributed by atoms with Crippen molar-refractivity contribution in [2.45, 2.75) is 32.7 Å². The number of aryl methyl sites for hydroxylation is 1. The molecule has 0 radical (unpaired) electrons. The lowest BCUT2D eigenvalue weighted by Gasteiger charge is -2.36. The van der Waals surface area contributed by atoms with Gasteiger partial charge in [-0.15, -0.1) is 0 Å². The van der Waals surface area contributed by atoms with Crippen LogP contribution < -0.4 is 11.1 Å². The number of piperidine rings is 1. The van der Waals surface area contributed by atoms with Crippen molar-refractivity contribution in [1.29, 1.82) is 0 Å². The summed E-state index contributed by atoms with van der Waals surface area (Å²) in [5.41, 5.74) is 8.07. The summed E-state index contributed by atoms with van der Waals surface area (Å²) in [4.78, 5) is 14.4. The summed E-state index contributed by atoms with van der Waals surface area (Å²) in [6, 6.07) is 6.13. The minimum Gasteiger partial charge on any atom is -0.327 e. The molecule has 4 nitrogen and oxygen atoms in total. The van der Waals surface area contributed by atoms with Gasteiger partial charge in [0.25, 0.3) is 0 Å². The summed E-state index contributed by atoms with van der Waals surface area (Å²) in [6.45, 7) is 6.45. The average molecular weight is 354 g/mol. The van der Waals surface area contributed by atoms with Crippen LogP contribution in [0.4, 0.5) is 5.69 Å². The van der Waals surface area contributed by atoms with Crippen molar-refractivity contribution in [2.75, 3.05) is 25.0 Å². The number of rotatable bonds is 4. The molecule has 1 aliphatic heterocycles. The maximum atomic E-state index is 12.2. The third-order valence-corrected chi connectivity index (χ3v) is 5.10. The molecule has 1 aromatic rings. The number of benzene rings is 1. The normalized spacial score (nSPS) is 23.0. The van der Waals surface area contributed by atoms with E-state index < -0.39 is 0 Å². The van der Waals surface area contributed by atoms with Crippen LogP contribution in [0.1, 0.15) is 25.3 Å². The molecule has 2 unspecified atom stereocenters. The first-order valence-corrected chi connectivity index (χ1v) is 8.32. The van der Waals surface area contributed by atoms with Crippen LogP contribution in [0.15, 0.2) is 22.7 Å². The molecule has 1 aliphatic rings. The lowest BCUT2D eigenvalue weighted by molar-refractivity contribution is -0.117. The third-order valence-electron chi connectivity index (χ3n) is 4.21. The van der Waals surface area contributed by atoms with E-state index in [1.165, 1.54) is 0 Å². The van der Waals surface area contributed by atoms with Crippen LogP contribution in [0.25, 0.3) is 0 Å². The van der Waals surface area contributed by atoms with Gasteiger partial charge in [0.05, 0.1) is 6.54 Å². The molecule has 1 amide bonds. The van der Waals surface area contributed by atoms with E-state index >= 15 is 0 Å². The topological polar surface area (TPSA) is 58.4 Å². The van der Waals surface area contributed by atoms with Crippen molar-refractivity contribution in [3.63, 3.8) is 0 Å². The molecule has 1 heterocycles. The van der Waals surface area contributed by atoms with Gasteiger partial charge in [0, 0.05) is 29.3 Å². The number of hydrogen-bond acceptors (Lipinski definition) is 3. The van der Waals surface area contributed by atoms with Gasteiger partial charge in [-0.05, 0) is 43.0 Å². The molecular weight excluding hydrogens is 330 g/mol. The van der Waals surface area contributed by atoms with Gasteiger partial charge in [0.2, 0.25) is 5.91 Å². The molecule has 2 rings (SSSR count). The number of carbonyl (C=O) groups excluding carboxylic acids is 1. The number of anilines is 1. The molecule has 1 saturated heterocycles. The maximum Gasteiger partial charge on any atom is 0.238 e. The second-order valence-electron chi connectivity index (χ2n) is 5.87. The Morgan fingerprint density at radius 2 is 2.29 bits per heavy atom. The standard InChI is InChI=1S/C16H24BrN3O/c1-3-12-9-20(7-6-15(12)18)10-16(21)19-13-4-5-14(17)11(2)8-13/h4-5,8,12,15H,3,6-7,9-10,18H2,1-2H3,(H,19,21). The number of nitrogens with one attached hydrogen (secondary N) is 1. The number of carbonyl (C=O) groups is 1. The van der Waals surface area contributed by atoms with Crippen LogP contribution in [0, 0.1) is 12.8 Å². The Balaban J connectivity index is 1.88. The Hall–Kier alpha value is -0.910. The van der Waals surface area contributed by atoms with Gasteiger partial charge in [-0.3, -0.25) is 9.69 Å². The van der Waals surface area contributed by atoms with Crippen molar-refractivity contribution in [1.82, 2.24) is 4.90 Å². The van der Waals surface area contributed by atoms with Crippen molar-refractivity contribution in [2.24, 2.45) is 11.7 Å². The fraction of sp³-hybridized carbons (Fsp3) is 0.562. The van der Waals surface area contributed by atoms with Crippen LogP contribution in [-0.4, -0.2) is 36.5 Å². The number of amides is 1. The first-order chi connectivity index (χ1) is 9.99. The van der Waals surface area contributed by atoms with Gasteiger partial charge in [0.1, 0.15) is 0 Å². The van der Waals surface area contributed by atoms with Crippen LogP contribution in [-0.2, 0) is 4.79 Å². The van der Waals surface area contributed by atoms with E-state index in [2.05, 4.69) is 33.1 Å². The number of halogens is 1. The van der Waals surface area contributed by atoms with E-state index in [4.69, 9.17) is 5.73 Å². The summed E-state index contributed by atoms with van der Waals surface area (Å²) < 4.78 is 1.05. The number of nitrogens with two attached hydrogens (primary N) is 1. The van der Waals surface area contributed by atoms with Crippen LogP contribution >= 0.6 is 15.9 Å². The average Bonchev–Trinajstić information content (AvgIpc) is 2.45. The Morgan fingerprint density at radius 3 is 2.95 bits per heavy atom. The minimum atomic E-state index is 0.0436. The lowest BCUT2D eigenvalue weighted by atomic mass is 9.91. The van der Waals surface area contributed by atoms with Gasteiger partial charge < -0.3 is 11.1 Å².